The van der Waals surface area contributed by atoms with Gasteiger partial charge in [-0.1, -0.05) is 0 Å². The number of anilines is 1. The minimum absolute atomic E-state index is 0.403. The molecule has 0 bridgehead atoms. The molecule has 0 spiro atoms. The minimum Gasteiger partial charge on any atom is -0.467 e. The second-order valence-electron chi connectivity index (χ2n) is 4.59. The summed E-state index contributed by atoms with van der Waals surface area (Å²) in [5.41, 5.74) is 2.31. The van der Waals surface area contributed by atoms with E-state index in [-0.39, 0.29) is 0 Å². The lowest BCUT2D eigenvalue weighted by Gasteiger charge is -2.28. The monoisotopic (exact) mass is 236 g/mol. The number of methoxy groups -OCH3 is 1. The molecule has 0 saturated carbocycles. The summed E-state index contributed by atoms with van der Waals surface area (Å²) in [5.74, 6) is 0.981. The van der Waals surface area contributed by atoms with Gasteiger partial charge in [-0.05, 0) is 13.8 Å². The Morgan fingerprint density at radius 3 is 2.76 bits per heavy atom. The van der Waals surface area contributed by atoms with Crippen LogP contribution in [0.25, 0.3) is 0 Å². The molecule has 0 fully saturated rings. The van der Waals surface area contributed by atoms with Crippen molar-refractivity contribution < 1.29 is 4.74 Å². The van der Waals surface area contributed by atoms with Crippen LogP contribution in [0.1, 0.15) is 25.1 Å². The van der Waals surface area contributed by atoms with Crippen LogP contribution in [0.15, 0.2) is 0 Å². The first-order valence-electron chi connectivity index (χ1n) is 6.00. The fraction of sp³-hybridized carbons (Fsp3) is 0.667. The minimum atomic E-state index is 0.403. The van der Waals surface area contributed by atoms with Crippen LogP contribution < -0.4 is 15.0 Å². The Kier molecular flexibility index (Phi) is 3.47. The largest absolute Gasteiger partial charge is 0.467 e. The fourth-order valence-corrected chi connectivity index (χ4v) is 1.93. The zero-order valence-corrected chi connectivity index (χ0v) is 10.9. The van der Waals surface area contributed by atoms with Gasteiger partial charge < -0.3 is 15.0 Å². The van der Waals surface area contributed by atoms with E-state index in [0.717, 1.165) is 31.0 Å². The number of nitrogens with zero attached hydrogens (tertiary/aromatic N) is 3. The summed E-state index contributed by atoms with van der Waals surface area (Å²) < 4.78 is 5.18. The molecule has 1 aliphatic rings. The molecule has 1 aliphatic heterocycles. The van der Waals surface area contributed by atoms with Gasteiger partial charge in [-0.3, -0.25) is 0 Å². The van der Waals surface area contributed by atoms with E-state index in [1.807, 2.05) is 0 Å². The lowest BCUT2D eigenvalue weighted by atomic mass is 10.1. The number of nitrogens with one attached hydrogen (secondary N) is 1. The number of ether oxygens (including phenoxy) is 1. The fourth-order valence-electron chi connectivity index (χ4n) is 1.93. The third kappa shape index (κ3) is 2.34. The van der Waals surface area contributed by atoms with Gasteiger partial charge >= 0.3 is 6.01 Å². The van der Waals surface area contributed by atoms with Gasteiger partial charge in [0.05, 0.1) is 12.8 Å². The van der Waals surface area contributed by atoms with Crippen LogP contribution in [0.2, 0.25) is 0 Å². The highest BCUT2D eigenvalue weighted by Gasteiger charge is 2.21. The van der Waals surface area contributed by atoms with Crippen LogP contribution in [0.4, 0.5) is 5.82 Å². The third-order valence-corrected chi connectivity index (χ3v) is 3.18. The molecule has 2 heterocycles. The van der Waals surface area contributed by atoms with E-state index < -0.39 is 0 Å². The highest BCUT2D eigenvalue weighted by molar-refractivity contribution is 5.51. The van der Waals surface area contributed by atoms with E-state index >= 15 is 0 Å². The Balaban J connectivity index is 2.47. The Hall–Kier alpha value is -1.36. The zero-order valence-electron chi connectivity index (χ0n) is 10.9. The van der Waals surface area contributed by atoms with Crippen molar-refractivity contribution in [2.75, 3.05) is 25.6 Å². The average molecular weight is 236 g/mol. The first-order valence-corrected chi connectivity index (χ1v) is 6.00. The molecule has 17 heavy (non-hydrogen) atoms. The molecule has 1 aromatic heterocycles. The maximum Gasteiger partial charge on any atom is 0.318 e. The second-order valence-corrected chi connectivity index (χ2v) is 4.59. The average Bonchev–Trinajstić information content (AvgIpc) is 2.36. The molecule has 5 heteroatoms. The van der Waals surface area contributed by atoms with Gasteiger partial charge in [0.15, 0.2) is 0 Å². The number of hydrogen-bond donors (Lipinski definition) is 1. The number of aromatic nitrogens is 2. The standard InChI is InChI=1S/C12H20N4O/c1-8(2)16(3)11-9-7-13-6-5-10(9)14-12(15-11)17-4/h8,13H,5-7H2,1-4H3. The van der Waals surface area contributed by atoms with Crippen LogP contribution >= 0.6 is 0 Å². The Bertz CT molecular complexity index is 406. The van der Waals surface area contributed by atoms with E-state index in [2.05, 4.69) is 41.1 Å². The molecule has 2 rings (SSSR count). The van der Waals surface area contributed by atoms with Crippen LogP contribution in [-0.2, 0) is 13.0 Å². The molecule has 1 N–H and O–H groups in total. The van der Waals surface area contributed by atoms with Crippen molar-refractivity contribution in [2.24, 2.45) is 0 Å². The first kappa shape index (κ1) is 12.1. The van der Waals surface area contributed by atoms with E-state index in [1.165, 1.54) is 5.56 Å². The molecule has 1 aromatic rings. The summed E-state index contributed by atoms with van der Waals surface area (Å²) in [6.45, 7) is 6.11. The number of hydrogen-bond acceptors (Lipinski definition) is 5. The summed E-state index contributed by atoms with van der Waals surface area (Å²) in [7, 11) is 3.67. The van der Waals surface area contributed by atoms with Crippen molar-refractivity contribution >= 4 is 5.82 Å². The van der Waals surface area contributed by atoms with Gasteiger partial charge in [0, 0.05) is 38.2 Å². The van der Waals surface area contributed by atoms with Crippen molar-refractivity contribution in [1.82, 2.24) is 15.3 Å². The molecule has 0 radical (unpaired) electrons. The molecule has 0 amide bonds. The molecule has 5 nitrogen and oxygen atoms in total. The van der Waals surface area contributed by atoms with Gasteiger partial charge in [0.2, 0.25) is 0 Å². The molecule has 0 unspecified atom stereocenters. The quantitative estimate of drug-likeness (QED) is 0.847. The Morgan fingerprint density at radius 1 is 1.35 bits per heavy atom. The van der Waals surface area contributed by atoms with Gasteiger partial charge in [0.25, 0.3) is 0 Å². The van der Waals surface area contributed by atoms with Crippen molar-refractivity contribution in [3.63, 3.8) is 0 Å². The molecule has 94 valence electrons. The molecule has 0 atom stereocenters. The van der Waals surface area contributed by atoms with Crippen molar-refractivity contribution in [3.05, 3.63) is 11.3 Å². The predicted molar refractivity (Wildman–Crippen MR) is 67.5 cm³/mol. The molecule has 0 saturated heterocycles. The van der Waals surface area contributed by atoms with Crippen LogP contribution in [0, 0.1) is 0 Å². The molecular formula is C12H20N4O. The van der Waals surface area contributed by atoms with E-state index in [9.17, 15) is 0 Å². The predicted octanol–water partition coefficient (Wildman–Crippen LogP) is 0.975. The second kappa shape index (κ2) is 4.87. The van der Waals surface area contributed by atoms with E-state index in [0.29, 0.717) is 12.1 Å². The lowest BCUT2D eigenvalue weighted by molar-refractivity contribution is 0.375. The molecule has 0 aromatic carbocycles. The first-order chi connectivity index (χ1) is 8.13. The summed E-state index contributed by atoms with van der Waals surface area (Å²) in [5, 5.41) is 3.37. The lowest BCUT2D eigenvalue weighted by Crippen LogP contribution is -2.32. The van der Waals surface area contributed by atoms with Crippen molar-refractivity contribution in [1.29, 1.82) is 0 Å². The van der Waals surface area contributed by atoms with Crippen molar-refractivity contribution in [2.45, 2.75) is 32.9 Å². The van der Waals surface area contributed by atoms with Crippen LogP contribution in [0.5, 0.6) is 6.01 Å². The maximum absolute atomic E-state index is 5.18. The third-order valence-electron chi connectivity index (χ3n) is 3.18. The van der Waals surface area contributed by atoms with Gasteiger partial charge in [-0.15, -0.1) is 0 Å². The van der Waals surface area contributed by atoms with Gasteiger partial charge in [-0.25, -0.2) is 0 Å². The van der Waals surface area contributed by atoms with Crippen molar-refractivity contribution in [3.8, 4) is 6.01 Å². The normalized spacial score (nSPS) is 14.6. The molecular weight excluding hydrogens is 216 g/mol. The number of rotatable bonds is 3. The van der Waals surface area contributed by atoms with Gasteiger partial charge in [0.1, 0.15) is 5.82 Å². The summed E-state index contributed by atoms with van der Waals surface area (Å²) in [6.07, 6.45) is 0.938. The van der Waals surface area contributed by atoms with E-state index in [4.69, 9.17) is 4.74 Å². The summed E-state index contributed by atoms with van der Waals surface area (Å²) >= 11 is 0. The Labute approximate surface area is 102 Å². The van der Waals surface area contributed by atoms with E-state index in [1.54, 1.807) is 7.11 Å². The smallest absolute Gasteiger partial charge is 0.318 e. The molecule has 0 aliphatic carbocycles. The van der Waals surface area contributed by atoms with Crippen LogP contribution in [0.3, 0.4) is 0 Å². The highest BCUT2D eigenvalue weighted by Crippen LogP contribution is 2.26. The zero-order chi connectivity index (χ0) is 12.4. The number of fused-ring (bicyclic) bond motifs is 1. The summed E-state index contributed by atoms with van der Waals surface area (Å²) in [4.78, 5) is 11.1. The summed E-state index contributed by atoms with van der Waals surface area (Å²) in [6, 6.07) is 0.869. The maximum atomic E-state index is 5.18. The highest BCUT2D eigenvalue weighted by atomic mass is 16.5. The topological polar surface area (TPSA) is 50.3 Å². The van der Waals surface area contributed by atoms with Crippen LogP contribution in [-0.4, -0.2) is 36.7 Å². The van der Waals surface area contributed by atoms with Gasteiger partial charge in [-0.2, -0.15) is 9.97 Å². The Morgan fingerprint density at radius 2 is 2.12 bits per heavy atom. The SMILES string of the molecule is COc1nc2c(c(N(C)C(C)C)n1)CNCC2.